The van der Waals surface area contributed by atoms with E-state index in [0.29, 0.717) is 31.2 Å². The number of ether oxygens (including phenoxy) is 1. The highest BCUT2D eigenvalue weighted by atomic mass is 16.5. The Labute approximate surface area is 169 Å². The van der Waals surface area contributed by atoms with Gasteiger partial charge in [-0.05, 0) is 45.6 Å². The van der Waals surface area contributed by atoms with E-state index in [2.05, 4.69) is 48.5 Å². The van der Waals surface area contributed by atoms with Gasteiger partial charge in [0, 0.05) is 25.9 Å². The molecule has 0 saturated carbocycles. The molecule has 0 aromatic carbocycles. The third-order valence-corrected chi connectivity index (χ3v) is 4.73. The van der Waals surface area contributed by atoms with Crippen molar-refractivity contribution in [2.24, 2.45) is 5.92 Å². The fourth-order valence-electron chi connectivity index (χ4n) is 3.33. The Kier molecular flexibility index (Phi) is 6.86. The molecule has 0 spiro atoms. The van der Waals surface area contributed by atoms with E-state index < -0.39 is 0 Å². The minimum atomic E-state index is -0.219. The molecule has 1 amide bonds. The Morgan fingerprint density at radius 1 is 1.25 bits per heavy atom. The molecule has 0 aliphatic carbocycles. The van der Waals surface area contributed by atoms with Crippen molar-refractivity contribution >= 4 is 16.9 Å². The summed E-state index contributed by atoms with van der Waals surface area (Å²) in [5.41, 5.74) is 3.02. The van der Waals surface area contributed by atoms with Gasteiger partial charge in [-0.3, -0.25) is 4.79 Å². The number of aryl methyl sites for hydroxylation is 1. The first-order chi connectivity index (χ1) is 13.0. The van der Waals surface area contributed by atoms with Gasteiger partial charge in [0.2, 0.25) is 0 Å². The molecule has 6 nitrogen and oxygen atoms in total. The molecule has 0 bridgehead atoms. The minimum absolute atomic E-state index is 0.0246. The molecule has 0 radical (unpaired) electrons. The number of hydrogen-bond acceptors (Lipinski definition) is 4. The maximum absolute atomic E-state index is 13.6. The molecule has 0 aliphatic rings. The fourth-order valence-corrected chi connectivity index (χ4v) is 3.33. The first-order valence-electron chi connectivity index (χ1n) is 10.2. The average molecular weight is 389 g/mol. The number of rotatable bonds is 7. The van der Waals surface area contributed by atoms with Crippen molar-refractivity contribution in [1.29, 1.82) is 0 Å². The molecule has 2 rings (SSSR count). The van der Waals surface area contributed by atoms with E-state index in [9.17, 15) is 4.79 Å². The molecule has 2 heterocycles. The number of methoxy groups -OCH3 is 1. The molecule has 0 N–H and O–H groups in total. The molecule has 0 saturated heterocycles. The van der Waals surface area contributed by atoms with Gasteiger partial charge in [-0.2, -0.15) is 5.10 Å². The predicted molar refractivity (Wildman–Crippen MR) is 114 cm³/mol. The summed E-state index contributed by atoms with van der Waals surface area (Å²) in [4.78, 5) is 20.4. The SMILES string of the molecule is COCCN(CC(C)C)C(=O)c1cc(C(C)C)nc2c1c(C)nn2C(C)(C)C. The number of hydrogen-bond donors (Lipinski definition) is 0. The van der Waals surface area contributed by atoms with Crippen molar-refractivity contribution in [3.8, 4) is 0 Å². The second-order valence-electron chi connectivity index (χ2n) is 9.25. The van der Waals surface area contributed by atoms with Crippen LogP contribution in [0.3, 0.4) is 0 Å². The lowest BCUT2D eigenvalue weighted by Crippen LogP contribution is -2.37. The van der Waals surface area contributed by atoms with Gasteiger partial charge in [0.25, 0.3) is 5.91 Å². The Morgan fingerprint density at radius 2 is 1.89 bits per heavy atom. The normalized spacial score (nSPS) is 12.4. The number of amides is 1. The van der Waals surface area contributed by atoms with Gasteiger partial charge in [0.05, 0.1) is 28.8 Å². The highest BCUT2D eigenvalue weighted by Crippen LogP contribution is 2.29. The van der Waals surface area contributed by atoms with Crippen molar-refractivity contribution in [2.75, 3.05) is 26.8 Å². The Bertz CT molecular complexity index is 831. The Hall–Kier alpha value is -1.95. The zero-order chi connectivity index (χ0) is 21.2. The fraction of sp³-hybridized carbons (Fsp3) is 0.682. The predicted octanol–water partition coefficient (Wildman–Crippen LogP) is 4.36. The lowest BCUT2D eigenvalue weighted by atomic mass is 10.0. The zero-order valence-electron chi connectivity index (χ0n) is 19.0. The van der Waals surface area contributed by atoms with Crippen molar-refractivity contribution in [3.05, 3.63) is 23.0 Å². The van der Waals surface area contributed by atoms with E-state index in [1.165, 1.54) is 0 Å². The van der Waals surface area contributed by atoms with Gasteiger partial charge in [-0.25, -0.2) is 9.67 Å². The van der Waals surface area contributed by atoms with Crippen molar-refractivity contribution < 1.29 is 9.53 Å². The summed E-state index contributed by atoms with van der Waals surface area (Å²) in [5, 5.41) is 5.60. The number of aromatic nitrogens is 3. The van der Waals surface area contributed by atoms with Crippen LogP contribution >= 0.6 is 0 Å². The molecule has 28 heavy (non-hydrogen) atoms. The van der Waals surface area contributed by atoms with E-state index in [1.54, 1.807) is 7.11 Å². The molecule has 2 aromatic heterocycles. The van der Waals surface area contributed by atoms with Crippen LogP contribution < -0.4 is 0 Å². The summed E-state index contributed by atoms with van der Waals surface area (Å²) in [6.07, 6.45) is 0. The standard InChI is InChI=1S/C22H36N4O2/c1-14(2)13-25(10-11-28-9)21(27)17-12-18(15(3)4)23-20-19(17)16(5)24-26(20)22(6,7)8/h12,14-15H,10-11,13H2,1-9H3. The van der Waals surface area contributed by atoms with Crippen LogP contribution in [0.1, 0.15) is 76.1 Å². The largest absolute Gasteiger partial charge is 0.383 e. The second-order valence-corrected chi connectivity index (χ2v) is 9.25. The first kappa shape index (κ1) is 22.3. The number of carbonyl (C=O) groups is 1. The van der Waals surface area contributed by atoms with Crippen molar-refractivity contribution in [2.45, 2.75) is 66.8 Å². The maximum Gasteiger partial charge on any atom is 0.254 e. The van der Waals surface area contributed by atoms with Crippen molar-refractivity contribution in [3.63, 3.8) is 0 Å². The number of carbonyl (C=O) groups excluding carboxylic acids is 1. The zero-order valence-corrected chi connectivity index (χ0v) is 19.0. The van der Waals surface area contributed by atoms with Crippen molar-refractivity contribution in [1.82, 2.24) is 19.7 Å². The summed E-state index contributed by atoms with van der Waals surface area (Å²) in [6, 6.07) is 1.96. The molecule has 6 heteroatoms. The molecule has 0 fully saturated rings. The Balaban J connectivity index is 2.70. The van der Waals surface area contributed by atoms with Crippen LogP contribution in [0, 0.1) is 12.8 Å². The molecule has 0 atom stereocenters. The highest BCUT2D eigenvalue weighted by Gasteiger charge is 2.27. The van der Waals surface area contributed by atoms with Gasteiger partial charge in [0.15, 0.2) is 5.65 Å². The summed E-state index contributed by atoms with van der Waals surface area (Å²) in [6.45, 7) is 18.5. The van der Waals surface area contributed by atoms with Gasteiger partial charge in [-0.15, -0.1) is 0 Å². The molecule has 156 valence electrons. The molecule has 0 unspecified atom stereocenters. The lowest BCUT2D eigenvalue weighted by Gasteiger charge is -2.25. The third kappa shape index (κ3) is 4.72. The van der Waals surface area contributed by atoms with E-state index in [4.69, 9.17) is 14.8 Å². The molecular weight excluding hydrogens is 352 g/mol. The number of fused-ring (bicyclic) bond motifs is 1. The quantitative estimate of drug-likeness (QED) is 0.707. The van der Waals surface area contributed by atoms with Crippen LogP contribution in [-0.4, -0.2) is 52.4 Å². The van der Waals surface area contributed by atoms with E-state index in [1.807, 2.05) is 22.6 Å². The first-order valence-corrected chi connectivity index (χ1v) is 10.2. The monoisotopic (exact) mass is 388 g/mol. The second kappa shape index (κ2) is 8.60. The van der Waals surface area contributed by atoms with Crippen LogP contribution in [0.2, 0.25) is 0 Å². The highest BCUT2D eigenvalue weighted by molar-refractivity contribution is 6.06. The summed E-state index contributed by atoms with van der Waals surface area (Å²) in [7, 11) is 1.66. The van der Waals surface area contributed by atoms with Gasteiger partial charge >= 0.3 is 0 Å². The maximum atomic E-state index is 13.6. The summed E-state index contributed by atoms with van der Waals surface area (Å²) >= 11 is 0. The van der Waals surface area contributed by atoms with Crippen LogP contribution in [0.25, 0.3) is 11.0 Å². The lowest BCUT2D eigenvalue weighted by molar-refractivity contribution is 0.0674. The van der Waals surface area contributed by atoms with Gasteiger partial charge in [0.1, 0.15) is 0 Å². The van der Waals surface area contributed by atoms with Crippen LogP contribution in [0.4, 0.5) is 0 Å². The molecule has 0 aliphatic heterocycles. The van der Waals surface area contributed by atoms with Gasteiger partial charge in [-0.1, -0.05) is 27.7 Å². The Morgan fingerprint density at radius 3 is 2.39 bits per heavy atom. The van der Waals surface area contributed by atoms with Crippen LogP contribution in [0.15, 0.2) is 6.07 Å². The summed E-state index contributed by atoms with van der Waals surface area (Å²) in [5.74, 6) is 0.620. The van der Waals surface area contributed by atoms with Crippen LogP contribution in [0.5, 0.6) is 0 Å². The smallest absolute Gasteiger partial charge is 0.254 e. The molecular formula is C22H36N4O2. The van der Waals surface area contributed by atoms with Gasteiger partial charge < -0.3 is 9.64 Å². The van der Waals surface area contributed by atoms with E-state index in [-0.39, 0.29) is 17.4 Å². The third-order valence-electron chi connectivity index (χ3n) is 4.73. The van der Waals surface area contributed by atoms with E-state index >= 15 is 0 Å². The summed E-state index contributed by atoms with van der Waals surface area (Å²) < 4.78 is 7.19. The topological polar surface area (TPSA) is 60.2 Å². The van der Waals surface area contributed by atoms with E-state index in [0.717, 1.165) is 22.4 Å². The minimum Gasteiger partial charge on any atom is -0.383 e. The molecule has 2 aromatic rings. The number of pyridine rings is 1. The van der Waals surface area contributed by atoms with Crippen LogP contribution in [-0.2, 0) is 10.3 Å². The number of nitrogens with zero attached hydrogens (tertiary/aromatic N) is 4. The average Bonchev–Trinajstić information content (AvgIpc) is 2.94.